The van der Waals surface area contributed by atoms with E-state index in [1.54, 1.807) is 6.07 Å². The SMILES string of the molecule is COc1cc(Br)c(S(=O)(=O)N(C)CC=Cc2ccccc2)cc1OC. The number of ether oxygens (including phenoxy) is 2. The first-order valence-corrected chi connectivity index (χ1v) is 9.73. The summed E-state index contributed by atoms with van der Waals surface area (Å²) in [5, 5.41) is 0. The molecule has 0 saturated heterocycles. The number of nitrogens with zero attached hydrogens (tertiary/aromatic N) is 1. The summed E-state index contributed by atoms with van der Waals surface area (Å²) >= 11 is 3.30. The largest absolute Gasteiger partial charge is 0.493 e. The second-order valence-corrected chi connectivity index (χ2v) is 8.10. The molecule has 0 atom stereocenters. The molecule has 0 unspecified atom stereocenters. The topological polar surface area (TPSA) is 55.8 Å². The van der Waals surface area contributed by atoms with Gasteiger partial charge in [-0.15, -0.1) is 0 Å². The van der Waals surface area contributed by atoms with E-state index in [9.17, 15) is 8.42 Å². The third kappa shape index (κ3) is 4.62. The molecule has 0 bridgehead atoms. The maximum Gasteiger partial charge on any atom is 0.244 e. The highest BCUT2D eigenvalue weighted by molar-refractivity contribution is 9.10. The van der Waals surface area contributed by atoms with Crippen LogP contribution < -0.4 is 9.47 Å². The maximum absolute atomic E-state index is 12.8. The molecule has 7 heteroatoms. The molecule has 2 aromatic carbocycles. The molecule has 0 aliphatic carbocycles. The minimum atomic E-state index is -3.68. The van der Waals surface area contributed by atoms with Gasteiger partial charge in [0, 0.05) is 24.1 Å². The van der Waals surface area contributed by atoms with Crippen LogP contribution in [0.3, 0.4) is 0 Å². The number of hydrogen-bond acceptors (Lipinski definition) is 4. The molecule has 0 heterocycles. The third-order valence-corrected chi connectivity index (χ3v) is 6.38. The van der Waals surface area contributed by atoms with Crippen molar-refractivity contribution < 1.29 is 17.9 Å². The summed E-state index contributed by atoms with van der Waals surface area (Å²) in [5.41, 5.74) is 1.01. The van der Waals surface area contributed by atoms with E-state index < -0.39 is 10.0 Å². The average Bonchev–Trinajstić information content (AvgIpc) is 2.61. The van der Waals surface area contributed by atoms with Gasteiger partial charge in [-0.05, 0) is 27.6 Å². The minimum absolute atomic E-state index is 0.126. The van der Waals surface area contributed by atoms with Gasteiger partial charge in [0.15, 0.2) is 11.5 Å². The lowest BCUT2D eigenvalue weighted by atomic mass is 10.2. The molecule has 0 aliphatic heterocycles. The number of sulfonamides is 1. The summed E-state index contributed by atoms with van der Waals surface area (Å²) in [6.45, 7) is 0.248. The van der Waals surface area contributed by atoms with Crippen molar-refractivity contribution in [3.8, 4) is 11.5 Å². The van der Waals surface area contributed by atoms with E-state index in [4.69, 9.17) is 9.47 Å². The van der Waals surface area contributed by atoms with E-state index in [0.29, 0.717) is 16.0 Å². The van der Waals surface area contributed by atoms with Gasteiger partial charge < -0.3 is 9.47 Å². The molecular weight excluding hydrogens is 406 g/mol. The fourth-order valence-electron chi connectivity index (χ4n) is 2.20. The molecular formula is C18H20BrNO4S. The number of rotatable bonds is 7. The molecule has 0 aromatic heterocycles. The fourth-order valence-corrected chi connectivity index (χ4v) is 4.32. The van der Waals surface area contributed by atoms with Crippen molar-refractivity contribution >= 4 is 32.0 Å². The highest BCUT2D eigenvalue weighted by Crippen LogP contribution is 2.36. The first-order valence-electron chi connectivity index (χ1n) is 7.49. The van der Waals surface area contributed by atoms with Gasteiger partial charge in [0.25, 0.3) is 0 Å². The van der Waals surface area contributed by atoms with Crippen LogP contribution in [0.2, 0.25) is 0 Å². The second-order valence-electron chi connectivity index (χ2n) is 5.24. The molecule has 25 heavy (non-hydrogen) atoms. The lowest BCUT2D eigenvalue weighted by Crippen LogP contribution is -2.27. The molecule has 0 fully saturated rings. The summed E-state index contributed by atoms with van der Waals surface area (Å²) in [6.07, 6.45) is 3.69. The van der Waals surface area contributed by atoms with E-state index in [1.807, 2.05) is 42.5 Å². The van der Waals surface area contributed by atoms with Gasteiger partial charge in [-0.1, -0.05) is 42.5 Å². The molecule has 0 radical (unpaired) electrons. The number of likely N-dealkylation sites (N-methyl/N-ethyl adjacent to an activating group) is 1. The highest BCUT2D eigenvalue weighted by atomic mass is 79.9. The van der Waals surface area contributed by atoms with Crippen LogP contribution >= 0.6 is 15.9 Å². The second kappa shape index (κ2) is 8.51. The Morgan fingerprint density at radius 2 is 1.68 bits per heavy atom. The molecule has 0 aliphatic rings. The average molecular weight is 426 g/mol. The van der Waals surface area contributed by atoms with Crippen LogP contribution in [0.1, 0.15) is 5.56 Å². The molecule has 2 aromatic rings. The van der Waals surface area contributed by atoms with Gasteiger partial charge >= 0.3 is 0 Å². The first kappa shape index (κ1) is 19.5. The Morgan fingerprint density at radius 3 is 2.28 bits per heavy atom. The van der Waals surface area contributed by atoms with Gasteiger partial charge in [0.05, 0.1) is 14.2 Å². The predicted octanol–water partition coefficient (Wildman–Crippen LogP) is 3.80. The van der Waals surface area contributed by atoms with Crippen LogP contribution in [0.15, 0.2) is 57.9 Å². The van der Waals surface area contributed by atoms with E-state index in [-0.39, 0.29) is 11.4 Å². The summed E-state index contributed by atoms with van der Waals surface area (Å²) in [6, 6.07) is 12.7. The van der Waals surface area contributed by atoms with Gasteiger partial charge in [-0.2, -0.15) is 4.31 Å². The van der Waals surface area contributed by atoms with Crippen LogP contribution in [-0.4, -0.2) is 40.5 Å². The Morgan fingerprint density at radius 1 is 1.08 bits per heavy atom. The fraction of sp³-hybridized carbons (Fsp3) is 0.222. The van der Waals surface area contributed by atoms with Crippen molar-refractivity contribution in [2.45, 2.75) is 4.90 Å². The zero-order chi connectivity index (χ0) is 18.4. The molecule has 134 valence electrons. The van der Waals surface area contributed by atoms with Crippen LogP contribution in [0.4, 0.5) is 0 Å². The Kier molecular flexibility index (Phi) is 6.64. The van der Waals surface area contributed by atoms with Crippen molar-refractivity contribution in [2.75, 3.05) is 27.8 Å². The summed E-state index contributed by atoms with van der Waals surface area (Å²) in [7, 11) is 0.819. The van der Waals surface area contributed by atoms with Gasteiger partial charge in [0.1, 0.15) is 4.90 Å². The zero-order valence-electron chi connectivity index (χ0n) is 14.3. The van der Waals surface area contributed by atoms with Crippen LogP contribution in [0.5, 0.6) is 11.5 Å². The van der Waals surface area contributed by atoms with Crippen molar-refractivity contribution in [3.05, 3.63) is 58.6 Å². The Labute approximate surface area is 157 Å². The van der Waals surface area contributed by atoms with E-state index >= 15 is 0 Å². The van der Waals surface area contributed by atoms with Crippen molar-refractivity contribution in [1.82, 2.24) is 4.31 Å². The van der Waals surface area contributed by atoms with Gasteiger partial charge in [-0.25, -0.2) is 8.42 Å². The van der Waals surface area contributed by atoms with Crippen LogP contribution in [-0.2, 0) is 10.0 Å². The molecule has 0 amide bonds. The lowest BCUT2D eigenvalue weighted by Gasteiger charge is -2.18. The predicted molar refractivity (Wildman–Crippen MR) is 103 cm³/mol. The lowest BCUT2D eigenvalue weighted by molar-refractivity contribution is 0.353. The number of benzene rings is 2. The normalized spacial score (nSPS) is 11.9. The number of halogens is 1. The first-order chi connectivity index (χ1) is 11.9. The monoisotopic (exact) mass is 425 g/mol. The van der Waals surface area contributed by atoms with Gasteiger partial charge in [-0.3, -0.25) is 0 Å². The molecule has 5 nitrogen and oxygen atoms in total. The van der Waals surface area contributed by atoms with Crippen LogP contribution in [0.25, 0.3) is 6.08 Å². The zero-order valence-corrected chi connectivity index (χ0v) is 16.7. The quantitative estimate of drug-likeness (QED) is 0.676. The van der Waals surface area contributed by atoms with Crippen LogP contribution in [0, 0.1) is 0 Å². The summed E-state index contributed by atoms with van der Waals surface area (Å²) in [5.74, 6) is 0.817. The van der Waals surface area contributed by atoms with Crippen molar-refractivity contribution in [3.63, 3.8) is 0 Å². The molecule has 0 N–H and O–H groups in total. The molecule has 2 rings (SSSR count). The van der Waals surface area contributed by atoms with E-state index in [1.165, 1.54) is 31.6 Å². The van der Waals surface area contributed by atoms with E-state index in [0.717, 1.165) is 5.56 Å². The number of methoxy groups -OCH3 is 2. The standard InChI is InChI=1S/C18H20BrNO4S/c1-20(11-7-10-14-8-5-4-6-9-14)25(21,22)18-13-17(24-3)16(23-2)12-15(18)19/h4-10,12-13H,11H2,1-3H3. The maximum atomic E-state index is 12.8. The van der Waals surface area contributed by atoms with Crippen molar-refractivity contribution in [2.24, 2.45) is 0 Å². The molecule has 0 spiro atoms. The Balaban J connectivity index is 2.24. The number of hydrogen-bond donors (Lipinski definition) is 0. The minimum Gasteiger partial charge on any atom is -0.493 e. The summed E-state index contributed by atoms with van der Waals surface area (Å²) in [4.78, 5) is 0.126. The smallest absolute Gasteiger partial charge is 0.244 e. The summed E-state index contributed by atoms with van der Waals surface area (Å²) < 4.78 is 37.7. The van der Waals surface area contributed by atoms with E-state index in [2.05, 4.69) is 15.9 Å². The Hall–Kier alpha value is -1.83. The van der Waals surface area contributed by atoms with Gasteiger partial charge in [0.2, 0.25) is 10.0 Å². The molecule has 0 saturated carbocycles. The van der Waals surface area contributed by atoms with Crippen molar-refractivity contribution in [1.29, 1.82) is 0 Å². The highest BCUT2D eigenvalue weighted by Gasteiger charge is 2.25. The Bertz CT molecular complexity index is 851. The third-order valence-electron chi connectivity index (χ3n) is 3.60.